The second-order valence-corrected chi connectivity index (χ2v) is 11.7. The van der Waals surface area contributed by atoms with E-state index >= 15 is 0 Å². The normalized spacial score (nSPS) is 12.0. The molecule has 0 spiro atoms. The fourth-order valence-electron chi connectivity index (χ4n) is 4.12. The molecule has 3 aromatic rings. The van der Waals surface area contributed by atoms with Gasteiger partial charge in [-0.1, -0.05) is 51.1 Å². The third kappa shape index (κ3) is 8.10. The molecular formula is C29H33FN4O6S. The summed E-state index contributed by atoms with van der Waals surface area (Å²) in [6.07, 6.45) is 0.236. The molecule has 3 rings (SSSR count). The molecule has 0 aliphatic rings. The van der Waals surface area contributed by atoms with Crippen molar-refractivity contribution in [2.24, 2.45) is 5.92 Å². The highest BCUT2D eigenvalue weighted by atomic mass is 32.2. The minimum Gasteiger partial charge on any atom is -0.354 e. The van der Waals surface area contributed by atoms with E-state index in [1.54, 1.807) is 13.0 Å². The van der Waals surface area contributed by atoms with Crippen LogP contribution in [0.5, 0.6) is 0 Å². The molecule has 0 fully saturated rings. The van der Waals surface area contributed by atoms with Crippen LogP contribution in [0.1, 0.15) is 32.8 Å². The summed E-state index contributed by atoms with van der Waals surface area (Å²) in [5, 5.41) is 14.0. The summed E-state index contributed by atoms with van der Waals surface area (Å²) in [6.45, 7) is 5.21. The van der Waals surface area contributed by atoms with Gasteiger partial charge in [0, 0.05) is 25.2 Å². The number of nitro benzene ring substituents is 1. The first kappa shape index (κ1) is 31.2. The van der Waals surface area contributed by atoms with Crippen LogP contribution in [0.2, 0.25) is 0 Å². The number of sulfonamides is 1. The van der Waals surface area contributed by atoms with E-state index in [1.807, 2.05) is 13.8 Å². The minimum absolute atomic E-state index is 0.0341. The number of hydrogen-bond donors (Lipinski definition) is 1. The molecule has 0 unspecified atom stereocenters. The fraction of sp³-hybridized carbons (Fsp3) is 0.310. The monoisotopic (exact) mass is 584 g/mol. The number of nitro groups is 1. The average molecular weight is 585 g/mol. The molecule has 218 valence electrons. The third-order valence-corrected chi connectivity index (χ3v) is 8.08. The average Bonchev–Trinajstić information content (AvgIpc) is 2.96. The number of hydrogen-bond acceptors (Lipinski definition) is 6. The van der Waals surface area contributed by atoms with Gasteiger partial charge in [0.05, 0.1) is 15.5 Å². The number of amides is 2. The van der Waals surface area contributed by atoms with E-state index in [0.717, 1.165) is 16.4 Å². The second-order valence-electron chi connectivity index (χ2n) is 9.81. The van der Waals surface area contributed by atoms with Crippen LogP contribution >= 0.6 is 0 Å². The summed E-state index contributed by atoms with van der Waals surface area (Å²) in [7, 11) is -4.30. The molecule has 1 atom stereocenters. The standard InChI is InChI=1S/C29H33FN4O6S/c1-4-27(29(36)31-18-21(2)3)32(19-22-10-12-23(30)13-11-22)28(35)20-33(24-14-16-25(17-15-24)34(37)38)41(39,40)26-8-6-5-7-9-26/h5-17,21,27H,4,18-20H2,1-3H3,(H,31,36)/t27-/m1/s1. The number of non-ortho nitro benzene ring substituents is 1. The van der Waals surface area contributed by atoms with Gasteiger partial charge in [-0.25, -0.2) is 12.8 Å². The highest BCUT2D eigenvalue weighted by Crippen LogP contribution is 2.26. The van der Waals surface area contributed by atoms with E-state index < -0.39 is 45.2 Å². The van der Waals surface area contributed by atoms with Crippen molar-refractivity contribution >= 4 is 33.2 Å². The molecular weight excluding hydrogens is 551 g/mol. The topological polar surface area (TPSA) is 130 Å². The van der Waals surface area contributed by atoms with Crippen LogP contribution in [0.4, 0.5) is 15.8 Å². The van der Waals surface area contributed by atoms with Gasteiger partial charge in [0.2, 0.25) is 11.8 Å². The van der Waals surface area contributed by atoms with Crippen LogP contribution in [-0.4, -0.2) is 49.2 Å². The quantitative estimate of drug-likeness (QED) is 0.232. The Hall–Kier alpha value is -4.32. The molecule has 3 aromatic carbocycles. The number of rotatable bonds is 13. The van der Waals surface area contributed by atoms with E-state index in [9.17, 15) is 32.5 Å². The molecule has 41 heavy (non-hydrogen) atoms. The lowest BCUT2D eigenvalue weighted by molar-refractivity contribution is -0.384. The minimum atomic E-state index is -4.30. The third-order valence-electron chi connectivity index (χ3n) is 6.30. The summed E-state index contributed by atoms with van der Waals surface area (Å²) in [5.74, 6) is -1.39. The first-order chi connectivity index (χ1) is 19.4. The molecule has 1 N–H and O–H groups in total. The van der Waals surface area contributed by atoms with Gasteiger partial charge >= 0.3 is 0 Å². The van der Waals surface area contributed by atoms with Crippen molar-refractivity contribution in [2.75, 3.05) is 17.4 Å². The number of anilines is 1. The lowest BCUT2D eigenvalue weighted by Crippen LogP contribution is -2.52. The van der Waals surface area contributed by atoms with Crippen molar-refractivity contribution in [2.45, 2.75) is 44.7 Å². The molecule has 0 radical (unpaired) electrons. The van der Waals surface area contributed by atoms with E-state index in [0.29, 0.717) is 12.1 Å². The zero-order valence-electron chi connectivity index (χ0n) is 23.1. The molecule has 12 heteroatoms. The maximum atomic E-state index is 14.0. The van der Waals surface area contributed by atoms with Crippen LogP contribution in [0.3, 0.4) is 0 Å². The zero-order chi connectivity index (χ0) is 30.2. The van der Waals surface area contributed by atoms with Gasteiger partial charge in [-0.15, -0.1) is 0 Å². The maximum Gasteiger partial charge on any atom is 0.269 e. The van der Waals surface area contributed by atoms with Gasteiger partial charge < -0.3 is 10.2 Å². The summed E-state index contributed by atoms with van der Waals surface area (Å²) < 4.78 is 42.0. The second kappa shape index (κ2) is 13.8. The van der Waals surface area contributed by atoms with Crippen molar-refractivity contribution < 1.29 is 27.3 Å². The first-order valence-corrected chi connectivity index (χ1v) is 14.5. The van der Waals surface area contributed by atoms with Crippen molar-refractivity contribution in [3.05, 3.63) is 100 Å². The number of halogens is 1. The molecule has 0 saturated carbocycles. The van der Waals surface area contributed by atoms with Gasteiger partial charge in [0.15, 0.2) is 0 Å². The van der Waals surface area contributed by atoms with Gasteiger partial charge in [-0.05, 0) is 54.3 Å². The zero-order valence-corrected chi connectivity index (χ0v) is 23.9. The maximum absolute atomic E-state index is 14.0. The van der Waals surface area contributed by atoms with E-state index in [4.69, 9.17) is 0 Å². The SMILES string of the molecule is CC[C@H](C(=O)NCC(C)C)N(Cc1ccc(F)cc1)C(=O)CN(c1ccc([N+](=O)[O-])cc1)S(=O)(=O)c1ccccc1. The smallest absolute Gasteiger partial charge is 0.269 e. The van der Waals surface area contributed by atoms with Crippen molar-refractivity contribution in [1.82, 2.24) is 10.2 Å². The Bertz CT molecular complexity index is 1450. The number of nitrogens with zero attached hydrogens (tertiary/aromatic N) is 3. The number of benzene rings is 3. The van der Waals surface area contributed by atoms with Crippen LogP contribution in [0, 0.1) is 21.8 Å². The Labute approximate surface area is 239 Å². The molecule has 2 amide bonds. The van der Waals surface area contributed by atoms with Gasteiger partial charge in [-0.3, -0.25) is 24.0 Å². The Kier molecular flexibility index (Phi) is 10.5. The highest BCUT2D eigenvalue weighted by molar-refractivity contribution is 7.92. The lowest BCUT2D eigenvalue weighted by Gasteiger charge is -2.33. The van der Waals surface area contributed by atoms with Gasteiger partial charge in [-0.2, -0.15) is 0 Å². The molecule has 0 bridgehead atoms. The molecule has 0 saturated heterocycles. The van der Waals surface area contributed by atoms with Gasteiger partial charge in [0.25, 0.3) is 15.7 Å². The largest absolute Gasteiger partial charge is 0.354 e. The predicted octanol–water partition coefficient (Wildman–Crippen LogP) is 4.51. The van der Waals surface area contributed by atoms with E-state index in [1.165, 1.54) is 65.6 Å². The molecule has 0 aromatic heterocycles. The van der Waals surface area contributed by atoms with Crippen molar-refractivity contribution in [3.8, 4) is 0 Å². The number of carbonyl (C=O) groups is 2. The van der Waals surface area contributed by atoms with Crippen molar-refractivity contribution in [1.29, 1.82) is 0 Å². The Morgan fingerprint density at radius 2 is 1.59 bits per heavy atom. The van der Waals surface area contributed by atoms with Crippen LogP contribution < -0.4 is 9.62 Å². The molecule has 10 nitrogen and oxygen atoms in total. The number of carbonyl (C=O) groups excluding carboxylic acids is 2. The summed E-state index contributed by atoms with van der Waals surface area (Å²) in [5.41, 5.74) is 0.331. The van der Waals surface area contributed by atoms with Crippen LogP contribution in [-0.2, 0) is 26.2 Å². The summed E-state index contributed by atoms with van der Waals surface area (Å²) >= 11 is 0. The Balaban J connectivity index is 2.05. The van der Waals surface area contributed by atoms with E-state index in [-0.39, 0.29) is 35.2 Å². The Morgan fingerprint density at radius 1 is 0.976 bits per heavy atom. The lowest BCUT2D eigenvalue weighted by atomic mass is 10.1. The van der Waals surface area contributed by atoms with Crippen LogP contribution in [0.15, 0.2) is 83.8 Å². The van der Waals surface area contributed by atoms with E-state index in [2.05, 4.69) is 5.32 Å². The van der Waals surface area contributed by atoms with Crippen molar-refractivity contribution in [3.63, 3.8) is 0 Å². The summed E-state index contributed by atoms with van der Waals surface area (Å²) in [4.78, 5) is 38.9. The summed E-state index contributed by atoms with van der Waals surface area (Å²) in [6, 6.07) is 16.8. The molecule has 0 heterocycles. The van der Waals surface area contributed by atoms with Crippen LogP contribution in [0.25, 0.3) is 0 Å². The Morgan fingerprint density at radius 3 is 2.12 bits per heavy atom. The fourth-order valence-corrected chi connectivity index (χ4v) is 5.55. The predicted molar refractivity (Wildman–Crippen MR) is 153 cm³/mol. The highest BCUT2D eigenvalue weighted by Gasteiger charge is 2.33. The molecule has 0 aliphatic heterocycles. The number of nitrogens with one attached hydrogen (secondary N) is 1. The molecule has 0 aliphatic carbocycles. The van der Waals surface area contributed by atoms with Gasteiger partial charge in [0.1, 0.15) is 18.4 Å². The first-order valence-electron chi connectivity index (χ1n) is 13.1.